The van der Waals surface area contributed by atoms with Gasteiger partial charge < -0.3 is 19.3 Å². The van der Waals surface area contributed by atoms with Crippen molar-refractivity contribution in [2.75, 3.05) is 20.8 Å². The molecule has 1 heterocycles. The zero-order chi connectivity index (χ0) is 12.7. The van der Waals surface area contributed by atoms with Gasteiger partial charge >= 0.3 is 0 Å². The summed E-state index contributed by atoms with van der Waals surface area (Å²) in [6, 6.07) is 0. The van der Waals surface area contributed by atoms with Gasteiger partial charge in [0.1, 0.15) is 8.65 Å². The van der Waals surface area contributed by atoms with E-state index in [0.717, 1.165) is 0 Å². The normalized spacial score (nSPS) is 54.6. The molecule has 0 aromatic carbocycles. The second-order valence-electron chi connectivity index (χ2n) is 4.72. The van der Waals surface area contributed by atoms with E-state index in [4.69, 9.17) is 14.2 Å². The van der Waals surface area contributed by atoms with Crippen molar-refractivity contribution in [1.82, 2.24) is 0 Å². The zero-order valence-corrected chi connectivity index (χ0v) is 12.5. The molecule has 1 N–H and O–H groups in total. The van der Waals surface area contributed by atoms with Crippen LogP contribution in [0.2, 0.25) is 0 Å². The van der Waals surface area contributed by atoms with Crippen LogP contribution in [0.5, 0.6) is 0 Å². The van der Waals surface area contributed by atoms with Gasteiger partial charge in [-0.25, -0.2) is 0 Å². The molecule has 0 aromatic heterocycles. The summed E-state index contributed by atoms with van der Waals surface area (Å²) in [6.07, 6.45) is 0.501. The molecule has 1 saturated heterocycles. The Labute approximate surface area is 115 Å². The fourth-order valence-corrected chi connectivity index (χ4v) is 6.43. The van der Waals surface area contributed by atoms with Crippen molar-refractivity contribution in [3.63, 3.8) is 0 Å². The lowest BCUT2D eigenvalue weighted by atomic mass is 9.86. The van der Waals surface area contributed by atoms with Crippen LogP contribution in [-0.2, 0) is 19.0 Å². The van der Waals surface area contributed by atoms with Gasteiger partial charge in [0.25, 0.3) is 0 Å². The third kappa shape index (κ3) is 0.884. The Morgan fingerprint density at radius 3 is 2.47 bits per heavy atom. The summed E-state index contributed by atoms with van der Waals surface area (Å²) >= 11 is 6.90. The minimum atomic E-state index is -1.90. The number of carbonyl (C=O) groups excluding carboxylic acids is 1. The number of fused-ring (bicyclic) bond motifs is 1. The van der Waals surface area contributed by atoms with Crippen molar-refractivity contribution in [1.29, 1.82) is 0 Å². The molecule has 96 valence electrons. The maximum atomic E-state index is 12.4. The summed E-state index contributed by atoms with van der Waals surface area (Å²) in [6.45, 7) is 0.301. The quantitative estimate of drug-likeness (QED) is 0.567. The van der Waals surface area contributed by atoms with Crippen molar-refractivity contribution >= 4 is 37.6 Å². The molecule has 7 heteroatoms. The lowest BCUT2D eigenvalue weighted by molar-refractivity contribution is -0.244. The van der Waals surface area contributed by atoms with E-state index in [9.17, 15) is 9.90 Å². The number of hydrogen-bond acceptors (Lipinski definition) is 5. The minimum absolute atomic E-state index is 0.0514. The Kier molecular flexibility index (Phi) is 2.30. The molecule has 0 unspecified atom stereocenters. The maximum Gasteiger partial charge on any atom is 0.249 e. The molecule has 4 atom stereocenters. The Balaban J connectivity index is 2.32. The molecule has 2 bridgehead atoms. The second-order valence-corrected chi connectivity index (χ2v) is 7.33. The number of carbonyl (C=O) groups is 1. The number of hydrogen-bond donors (Lipinski definition) is 1. The smallest absolute Gasteiger partial charge is 0.249 e. The SMILES string of the molecule is COC1(OC)[C@@]2(Br)C[C@@H]3CO[C@](O)(C2=O)[C@@]31Br. The van der Waals surface area contributed by atoms with E-state index in [2.05, 4.69) is 31.9 Å². The van der Waals surface area contributed by atoms with Gasteiger partial charge in [-0.15, -0.1) is 0 Å². The van der Waals surface area contributed by atoms with Gasteiger partial charge in [-0.2, -0.15) is 0 Å². The van der Waals surface area contributed by atoms with E-state index in [-0.39, 0.29) is 5.92 Å². The first-order valence-electron chi connectivity index (χ1n) is 5.23. The summed E-state index contributed by atoms with van der Waals surface area (Å²) in [5.74, 6) is -3.66. The molecule has 3 fully saturated rings. The standard InChI is InChI=1S/C10H12Br2O5/c1-15-10(16-2)7(11)3-5-4-17-9(14,6(7)13)8(5,10)12/h5,14H,3-4H2,1-2H3/t5-,7-,8+,9-/m1/s1. The van der Waals surface area contributed by atoms with Gasteiger partial charge in [0.2, 0.25) is 17.4 Å². The van der Waals surface area contributed by atoms with E-state index in [1.54, 1.807) is 0 Å². The average molecular weight is 372 g/mol. The van der Waals surface area contributed by atoms with E-state index >= 15 is 0 Å². The lowest BCUT2D eigenvalue weighted by Crippen LogP contribution is -2.59. The molecule has 1 aliphatic heterocycles. The zero-order valence-electron chi connectivity index (χ0n) is 9.33. The molecule has 2 saturated carbocycles. The van der Waals surface area contributed by atoms with Crippen molar-refractivity contribution < 1.29 is 24.1 Å². The van der Waals surface area contributed by atoms with Crippen molar-refractivity contribution in [2.45, 2.75) is 26.6 Å². The molecule has 3 rings (SSSR count). The summed E-state index contributed by atoms with van der Waals surface area (Å²) in [5, 5.41) is 10.5. The fourth-order valence-electron chi connectivity index (χ4n) is 3.62. The highest BCUT2D eigenvalue weighted by molar-refractivity contribution is 9.11. The number of aliphatic hydroxyl groups is 1. The van der Waals surface area contributed by atoms with Gasteiger partial charge in [0, 0.05) is 20.1 Å². The van der Waals surface area contributed by atoms with Crippen LogP contribution < -0.4 is 0 Å². The molecule has 3 aliphatic rings. The summed E-state index contributed by atoms with van der Waals surface area (Å²) in [4.78, 5) is 12.4. The van der Waals surface area contributed by atoms with Crippen LogP contribution in [-0.4, -0.2) is 51.9 Å². The van der Waals surface area contributed by atoms with Gasteiger partial charge in [0.15, 0.2) is 0 Å². The molecule has 0 radical (unpaired) electrons. The predicted octanol–water partition coefficient (Wildman–Crippen LogP) is 0.564. The maximum absolute atomic E-state index is 12.4. The Morgan fingerprint density at radius 2 is 2.00 bits per heavy atom. The fraction of sp³-hybridized carbons (Fsp3) is 0.900. The Morgan fingerprint density at radius 1 is 1.41 bits per heavy atom. The van der Waals surface area contributed by atoms with Gasteiger partial charge in [-0.1, -0.05) is 31.9 Å². The number of methoxy groups -OCH3 is 2. The summed E-state index contributed by atoms with van der Waals surface area (Å²) in [7, 11) is 2.92. The Hall–Kier alpha value is 0.470. The number of Topliss-reactive ketones (excluding diaryl/α,β-unsaturated/α-hetero) is 1. The highest BCUT2D eigenvalue weighted by Gasteiger charge is 2.93. The van der Waals surface area contributed by atoms with E-state index in [1.165, 1.54) is 14.2 Å². The van der Waals surface area contributed by atoms with E-state index < -0.39 is 26.0 Å². The molecule has 2 aliphatic carbocycles. The molecule has 17 heavy (non-hydrogen) atoms. The molecule has 0 spiro atoms. The van der Waals surface area contributed by atoms with Crippen LogP contribution in [0.3, 0.4) is 0 Å². The first-order chi connectivity index (χ1) is 7.84. The third-order valence-electron chi connectivity index (χ3n) is 4.32. The largest absolute Gasteiger partial charge is 0.358 e. The van der Waals surface area contributed by atoms with Crippen LogP contribution in [0.1, 0.15) is 6.42 Å². The number of ketones is 1. The number of alkyl halides is 2. The van der Waals surface area contributed by atoms with Crippen LogP contribution >= 0.6 is 31.9 Å². The third-order valence-corrected chi connectivity index (χ3v) is 7.23. The van der Waals surface area contributed by atoms with E-state index in [0.29, 0.717) is 13.0 Å². The number of ether oxygens (including phenoxy) is 3. The van der Waals surface area contributed by atoms with Gasteiger partial charge in [0.05, 0.1) is 6.61 Å². The molecular weight excluding hydrogens is 360 g/mol. The molecular formula is C10H12Br2O5. The van der Waals surface area contributed by atoms with Gasteiger partial charge in [-0.05, 0) is 6.42 Å². The highest BCUT2D eigenvalue weighted by Crippen LogP contribution is 2.73. The second kappa shape index (κ2) is 3.13. The van der Waals surface area contributed by atoms with Crippen LogP contribution in [0.15, 0.2) is 0 Å². The average Bonchev–Trinajstić information content (AvgIpc) is 2.66. The number of rotatable bonds is 2. The topological polar surface area (TPSA) is 65.0 Å². The highest BCUT2D eigenvalue weighted by atomic mass is 79.9. The van der Waals surface area contributed by atoms with Crippen molar-refractivity contribution in [3.8, 4) is 0 Å². The lowest BCUT2D eigenvalue weighted by Gasteiger charge is -2.40. The number of halogens is 2. The van der Waals surface area contributed by atoms with Crippen molar-refractivity contribution in [3.05, 3.63) is 0 Å². The Bertz CT molecular complexity index is 412. The summed E-state index contributed by atoms with van der Waals surface area (Å²) in [5.41, 5.74) is 0. The van der Waals surface area contributed by atoms with Crippen LogP contribution in [0.25, 0.3) is 0 Å². The first-order valence-corrected chi connectivity index (χ1v) is 6.82. The van der Waals surface area contributed by atoms with Crippen molar-refractivity contribution in [2.24, 2.45) is 5.92 Å². The predicted molar refractivity (Wildman–Crippen MR) is 64.1 cm³/mol. The van der Waals surface area contributed by atoms with E-state index in [1.807, 2.05) is 0 Å². The van der Waals surface area contributed by atoms with Gasteiger partial charge in [-0.3, -0.25) is 4.79 Å². The van der Waals surface area contributed by atoms with Crippen LogP contribution in [0.4, 0.5) is 0 Å². The monoisotopic (exact) mass is 370 g/mol. The minimum Gasteiger partial charge on any atom is -0.358 e. The van der Waals surface area contributed by atoms with Crippen LogP contribution in [0, 0.1) is 5.92 Å². The molecule has 5 nitrogen and oxygen atoms in total. The molecule has 0 aromatic rings. The molecule has 0 amide bonds. The summed E-state index contributed by atoms with van der Waals surface area (Å²) < 4.78 is 14.1. The first kappa shape index (κ1) is 12.5.